The summed E-state index contributed by atoms with van der Waals surface area (Å²) in [6, 6.07) is 12.7. The van der Waals surface area contributed by atoms with Gasteiger partial charge in [0.2, 0.25) is 5.91 Å². The molecule has 200 valence electrons. The first-order chi connectivity index (χ1) is 18.2. The van der Waals surface area contributed by atoms with Crippen molar-refractivity contribution in [2.24, 2.45) is 0 Å². The zero-order valence-electron chi connectivity index (χ0n) is 21.5. The second kappa shape index (κ2) is 10.6. The number of hydrogen-bond acceptors (Lipinski definition) is 7. The molecule has 2 aliphatic rings. The third-order valence-corrected chi connectivity index (χ3v) is 8.54. The van der Waals surface area contributed by atoms with Crippen LogP contribution in [-0.2, 0) is 21.2 Å². The van der Waals surface area contributed by atoms with E-state index in [1.807, 2.05) is 11.8 Å². The number of rotatable bonds is 6. The largest absolute Gasteiger partial charge is 0.368 e. The number of anilines is 3. The Morgan fingerprint density at radius 3 is 2.45 bits per heavy atom. The highest BCUT2D eigenvalue weighted by molar-refractivity contribution is 7.92. The molecule has 9 nitrogen and oxygen atoms in total. The SMILES string of the molecule is Cc1cc(NS(=O)(=O)c2ccc(N3CCN(C(=O)[C@@H](C)N4CCCc5cc(F)ccc54)CC3)cc2)ncn1. The van der Waals surface area contributed by atoms with Crippen LogP contribution in [0.1, 0.15) is 24.6 Å². The van der Waals surface area contributed by atoms with Crippen LogP contribution >= 0.6 is 0 Å². The number of hydrogen-bond donors (Lipinski definition) is 1. The number of piperazine rings is 1. The first kappa shape index (κ1) is 25.9. The van der Waals surface area contributed by atoms with E-state index in [1.165, 1.54) is 12.4 Å². The van der Waals surface area contributed by atoms with Gasteiger partial charge in [0.25, 0.3) is 10.0 Å². The number of halogens is 1. The molecule has 1 saturated heterocycles. The molecule has 1 aromatic heterocycles. The normalized spacial score (nSPS) is 16.7. The van der Waals surface area contributed by atoms with Gasteiger partial charge >= 0.3 is 0 Å². The maximum absolute atomic E-state index is 13.7. The van der Waals surface area contributed by atoms with E-state index in [1.54, 1.807) is 49.4 Å². The minimum absolute atomic E-state index is 0.0642. The first-order valence-electron chi connectivity index (χ1n) is 12.7. The van der Waals surface area contributed by atoms with Crippen molar-refractivity contribution in [3.63, 3.8) is 0 Å². The van der Waals surface area contributed by atoms with E-state index in [9.17, 15) is 17.6 Å². The summed E-state index contributed by atoms with van der Waals surface area (Å²) in [7, 11) is -3.78. The minimum atomic E-state index is -3.78. The van der Waals surface area contributed by atoms with Crippen molar-refractivity contribution < 1.29 is 17.6 Å². The zero-order valence-corrected chi connectivity index (χ0v) is 22.3. The van der Waals surface area contributed by atoms with Gasteiger partial charge in [-0.3, -0.25) is 9.52 Å². The Bertz CT molecular complexity index is 1420. The van der Waals surface area contributed by atoms with Gasteiger partial charge in [0.15, 0.2) is 0 Å². The molecule has 0 spiro atoms. The maximum atomic E-state index is 13.7. The Labute approximate surface area is 222 Å². The molecule has 1 amide bonds. The number of carbonyl (C=O) groups is 1. The standard InChI is InChI=1S/C27H31FN6O3S/c1-19-16-26(30-18-29-19)31-38(36,37)24-8-6-23(7-9-24)32-12-14-33(15-13-32)27(35)20(2)34-11-3-4-21-17-22(28)5-10-25(21)34/h5-10,16-18,20H,3-4,11-15H2,1-2H3,(H,29,30,31)/t20-/m1/s1. The lowest BCUT2D eigenvalue weighted by Gasteiger charge is -2.41. The lowest BCUT2D eigenvalue weighted by molar-refractivity contribution is -0.132. The van der Waals surface area contributed by atoms with Crippen LogP contribution in [0.5, 0.6) is 0 Å². The smallest absolute Gasteiger partial charge is 0.263 e. The predicted octanol–water partition coefficient (Wildman–Crippen LogP) is 3.21. The summed E-state index contributed by atoms with van der Waals surface area (Å²) in [6.07, 6.45) is 3.02. The molecule has 1 N–H and O–H groups in total. The highest BCUT2D eigenvalue weighted by atomic mass is 32.2. The average molecular weight is 539 g/mol. The van der Waals surface area contributed by atoms with Crippen LogP contribution in [0, 0.1) is 12.7 Å². The van der Waals surface area contributed by atoms with Gasteiger partial charge in [0.1, 0.15) is 24.0 Å². The van der Waals surface area contributed by atoms with E-state index in [-0.39, 0.29) is 28.5 Å². The number of amides is 1. The average Bonchev–Trinajstić information content (AvgIpc) is 2.91. The molecule has 0 saturated carbocycles. The number of sulfonamides is 1. The van der Waals surface area contributed by atoms with Crippen LogP contribution in [0.3, 0.4) is 0 Å². The monoisotopic (exact) mass is 538 g/mol. The van der Waals surface area contributed by atoms with Gasteiger partial charge in [-0.15, -0.1) is 0 Å². The molecule has 11 heteroatoms. The number of aromatic nitrogens is 2. The highest BCUT2D eigenvalue weighted by Crippen LogP contribution is 2.30. The van der Waals surface area contributed by atoms with Crippen LogP contribution in [0.4, 0.5) is 21.6 Å². The van der Waals surface area contributed by atoms with Crippen LogP contribution in [0.2, 0.25) is 0 Å². The number of nitrogens with one attached hydrogen (secondary N) is 1. The molecule has 0 bridgehead atoms. The van der Waals surface area contributed by atoms with Gasteiger partial charge in [0.05, 0.1) is 4.90 Å². The number of fused-ring (bicyclic) bond motifs is 1. The fourth-order valence-corrected chi connectivity index (χ4v) is 6.12. The molecule has 5 rings (SSSR count). The Balaban J connectivity index is 1.19. The van der Waals surface area contributed by atoms with E-state index in [4.69, 9.17) is 0 Å². The number of aryl methyl sites for hydroxylation is 2. The molecule has 0 unspecified atom stereocenters. The molecule has 1 atom stereocenters. The maximum Gasteiger partial charge on any atom is 0.263 e. The Morgan fingerprint density at radius 1 is 1.00 bits per heavy atom. The lowest BCUT2D eigenvalue weighted by Crippen LogP contribution is -2.55. The van der Waals surface area contributed by atoms with E-state index in [0.717, 1.165) is 36.3 Å². The van der Waals surface area contributed by atoms with Crippen molar-refractivity contribution >= 4 is 33.1 Å². The summed E-state index contributed by atoms with van der Waals surface area (Å²) in [5, 5.41) is 0. The van der Waals surface area contributed by atoms with Crippen molar-refractivity contribution in [2.45, 2.75) is 37.6 Å². The van der Waals surface area contributed by atoms with Gasteiger partial charge in [-0.1, -0.05) is 0 Å². The highest BCUT2D eigenvalue weighted by Gasteiger charge is 2.31. The van der Waals surface area contributed by atoms with Gasteiger partial charge in [-0.05, 0) is 74.7 Å². The van der Waals surface area contributed by atoms with Crippen molar-refractivity contribution in [1.82, 2.24) is 14.9 Å². The third-order valence-electron chi connectivity index (χ3n) is 7.17. The summed E-state index contributed by atoms with van der Waals surface area (Å²) in [5.41, 5.74) is 3.45. The molecular formula is C27H31FN6O3S. The Kier molecular flexibility index (Phi) is 7.20. The molecule has 38 heavy (non-hydrogen) atoms. The summed E-state index contributed by atoms with van der Waals surface area (Å²) >= 11 is 0. The second-order valence-corrected chi connectivity index (χ2v) is 11.4. The van der Waals surface area contributed by atoms with Crippen molar-refractivity contribution in [3.8, 4) is 0 Å². The van der Waals surface area contributed by atoms with E-state index in [0.29, 0.717) is 31.9 Å². The quantitative estimate of drug-likeness (QED) is 0.515. The van der Waals surface area contributed by atoms with Gasteiger partial charge in [-0.25, -0.2) is 22.8 Å². The summed E-state index contributed by atoms with van der Waals surface area (Å²) in [5.74, 6) is 0.0366. The van der Waals surface area contributed by atoms with Crippen LogP contribution in [0.15, 0.2) is 59.8 Å². The molecule has 3 heterocycles. The zero-order chi connectivity index (χ0) is 26.9. The number of nitrogens with zero attached hydrogens (tertiary/aromatic N) is 5. The summed E-state index contributed by atoms with van der Waals surface area (Å²) in [4.78, 5) is 27.5. The summed E-state index contributed by atoms with van der Waals surface area (Å²) < 4.78 is 41.7. The number of carbonyl (C=O) groups excluding carboxylic acids is 1. The van der Waals surface area contributed by atoms with Gasteiger partial charge in [0, 0.05) is 55.9 Å². The Hall–Kier alpha value is -3.73. The topological polar surface area (TPSA) is 98.7 Å². The Morgan fingerprint density at radius 2 is 1.74 bits per heavy atom. The minimum Gasteiger partial charge on any atom is -0.368 e. The molecule has 3 aromatic rings. The fourth-order valence-electron chi connectivity index (χ4n) is 5.12. The summed E-state index contributed by atoms with van der Waals surface area (Å²) in [6.45, 7) is 6.88. The molecule has 2 aliphatic heterocycles. The van der Waals surface area contributed by atoms with Crippen molar-refractivity contribution in [1.29, 1.82) is 0 Å². The van der Waals surface area contributed by atoms with Crippen LogP contribution in [-0.4, -0.2) is 68.0 Å². The number of benzene rings is 2. The first-order valence-corrected chi connectivity index (χ1v) is 14.2. The molecule has 0 radical (unpaired) electrons. The molecule has 0 aliphatic carbocycles. The van der Waals surface area contributed by atoms with E-state index < -0.39 is 10.0 Å². The van der Waals surface area contributed by atoms with E-state index >= 15 is 0 Å². The fraction of sp³-hybridized carbons (Fsp3) is 0.370. The van der Waals surface area contributed by atoms with Gasteiger partial charge in [-0.2, -0.15) is 0 Å². The van der Waals surface area contributed by atoms with Gasteiger partial charge < -0.3 is 14.7 Å². The second-order valence-electron chi connectivity index (χ2n) is 9.70. The third kappa shape index (κ3) is 5.42. The lowest BCUT2D eigenvalue weighted by atomic mass is 9.99. The molecule has 1 fully saturated rings. The van der Waals surface area contributed by atoms with Crippen molar-refractivity contribution in [2.75, 3.05) is 47.2 Å². The predicted molar refractivity (Wildman–Crippen MR) is 144 cm³/mol. The molecule has 2 aromatic carbocycles. The molecular weight excluding hydrogens is 507 g/mol. The van der Waals surface area contributed by atoms with Crippen LogP contribution < -0.4 is 14.5 Å². The van der Waals surface area contributed by atoms with E-state index in [2.05, 4.69) is 24.5 Å². The van der Waals surface area contributed by atoms with Crippen molar-refractivity contribution in [3.05, 3.63) is 71.9 Å². The van der Waals surface area contributed by atoms with Crippen LogP contribution in [0.25, 0.3) is 0 Å².